The van der Waals surface area contributed by atoms with Crippen LogP contribution in [0.4, 0.5) is 11.4 Å². The van der Waals surface area contributed by atoms with Crippen LogP contribution in [0, 0.1) is 17.0 Å². The number of hydrogen-bond acceptors (Lipinski definition) is 5. The number of pyridine rings is 1. The molecule has 0 atom stereocenters. The van der Waals surface area contributed by atoms with Crippen LogP contribution in [0.15, 0.2) is 54.7 Å². The minimum absolute atomic E-state index is 0.163. The van der Waals surface area contributed by atoms with Crippen molar-refractivity contribution in [3.05, 3.63) is 81.1 Å². The third-order valence-electron chi connectivity index (χ3n) is 4.66. The predicted octanol–water partition coefficient (Wildman–Crippen LogP) is 4.76. The number of carbonyl (C=O) groups excluding carboxylic acids is 1. The first kappa shape index (κ1) is 19.5. The molecule has 4 aromatic rings. The van der Waals surface area contributed by atoms with Gasteiger partial charge in [-0.2, -0.15) is 5.10 Å². The lowest BCUT2D eigenvalue weighted by atomic mass is 10.0. The summed E-state index contributed by atoms with van der Waals surface area (Å²) in [5, 5.41) is 19.0. The van der Waals surface area contributed by atoms with Crippen LogP contribution in [-0.4, -0.2) is 25.6 Å². The third kappa shape index (κ3) is 3.60. The number of amides is 1. The molecular weight excluding hydrogens is 406 g/mol. The Morgan fingerprint density at radius 1 is 1.20 bits per heavy atom. The summed E-state index contributed by atoms with van der Waals surface area (Å²) in [7, 11) is 1.81. The van der Waals surface area contributed by atoms with Crippen molar-refractivity contribution in [3.8, 4) is 11.3 Å². The Kier molecular flexibility index (Phi) is 4.93. The lowest BCUT2D eigenvalue weighted by molar-refractivity contribution is -0.384. The van der Waals surface area contributed by atoms with Gasteiger partial charge in [0.1, 0.15) is 0 Å². The van der Waals surface area contributed by atoms with E-state index in [0.717, 1.165) is 11.3 Å². The normalized spacial score (nSPS) is 10.9. The number of nitro groups is 1. The summed E-state index contributed by atoms with van der Waals surface area (Å²) in [5.74, 6) is -0.446. The van der Waals surface area contributed by atoms with Crippen molar-refractivity contribution in [2.45, 2.75) is 6.92 Å². The molecule has 0 fully saturated rings. The molecule has 2 aromatic heterocycles. The molecule has 1 N–H and O–H groups in total. The van der Waals surface area contributed by atoms with Crippen molar-refractivity contribution in [2.75, 3.05) is 5.32 Å². The summed E-state index contributed by atoms with van der Waals surface area (Å²) in [6.07, 6.45) is 1.84. The maximum atomic E-state index is 13.1. The quantitative estimate of drug-likeness (QED) is 0.378. The van der Waals surface area contributed by atoms with Crippen molar-refractivity contribution in [1.82, 2.24) is 14.8 Å². The number of nitrogens with one attached hydrogen (secondary N) is 1. The number of non-ortho nitro benzene ring substituents is 1. The highest BCUT2D eigenvalue weighted by Gasteiger charge is 2.18. The monoisotopic (exact) mass is 421 g/mol. The summed E-state index contributed by atoms with van der Waals surface area (Å²) >= 11 is 6.14. The third-order valence-corrected chi connectivity index (χ3v) is 4.99. The standard InChI is InChI=1S/C21H16ClN5O3/c1-12-16(11-26(2)25-12)19-10-15(14-5-3-4-6-18(14)23-19)21(28)24-20-9-13(27(29)30)7-8-17(20)22/h3-11H,1-2H3,(H,24,28). The molecule has 150 valence electrons. The fraction of sp³-hybridized carbons (Fsp3) is 0.0952. The van der Waals surface area contributed by atoms with Crippen molar-refractivity contribution in [3.63, 3.8) is 0 Å². The van der Waals surface area contributed by atoms with E-state index in [1.165, 1.54) is 18.2 Å². The molecule has 0 saturated carbocycles. The Bertz CT molecular complexity index is 1320. The molecule has 0 saturated heterocycles. The van der Waals surface area contributed by atoms with Gasteiger partial charge in [0.05, 0.1) is 38.1 Å². The highest BCUT2D eigenvalue weighted by molar-refractivity contribution is 6.34. The molecule has 0 aliphatic heterocycles. The van der Waals surface area contributed by atoms with Gasteiger partial charge in [-0.3, -0.25) is 19.6 Å². The molecular formula is C21H16ClN5O3. The second kappa shape index (κ2) is 7.57. The van der Waals surface area contributed by atoms with Crippen LogP contribution in [0.2, 0.25) is 5.02 Å². The second-order valence-corrected chi connectivity index (χ2v) is 7.16. The number of anilines is 1. The molecule has 9 heteroatoms. The van der Waals surface area contributed by atoms with Crippen molar-refractivity contribution < 1.29 is 9.72 Å². The number of fused-ring (bicyclic) bond motifs is 1. The first-order valence-electron chi connectivity index (χ1n) is 8.99. The van der Waals surface area contributed by atoms with E-state index >= 15 is 0 Å². The zero-order valence-corrected chi connectivity index (χ0v) is 16.8. The van der Waals surface area contributed by atoms with Gasteiger partial charge in [0.15, 0.2) is 0 Å². The minimum Gasteiger partial charge on any atom is -0.320 e. The van der Waals surface area contributed by atoms with Gasteiger partial charge in [-0.05, 0) is 25.1 Å². The van der Waals surface area contributed by atoms with E-state index in [1.54, 1.807) is 16.8 Å². The Morgan fingerprint density at radius 2 is 1.97 bits per heavy atom. The molecule has 0 spiro atoms. The van der Waals surface area contributed by atoms with Crippen molar-refractivity contribution in [1.29, 1.82) is 0 Å². The van der Waals surface area contributed by atoms with E-state index < -0.39 is 10.8 Å². The van der Waals surface area contributed by atoms with Crippen LogP contribution in [0.3, 0.4) is 0 Å². The molecule has 0 aliphatic carbocycles. The molecule has 0 bridgehead atoms. The van der Waals surface area contributed by atoms with Gasteiger partial charge in [0.25, 0.3) is 11.6 Å². The summed E-state index contributed by atoms with van der Waals surface area (Å²) in [5.41, 5.74) is 3.22. The Labute approximate surface area is 176 Å². The van der Waals surface area contributed by atoms with Crippen LogP contribution in [0.1, 0.15) is 16.1 Å². The van der Waals surface area contributed by atoms with Gasteiger partial charge in [0, 0.05) is 36.3 Å². The van der Waals surface area contributed by atoms with Crippen LogP contribution < -0.4 is 5.32 Å². The Balaban J connectivity index is 1.82. The number of para-hydroxylation sites is 1. The van der Waals surface area contributed by atoms with E-state index in [0.29, 0.717) is 22.2 Å². The number of nitro benzene ring substituents is 1. The zero-order valence-electron chi connectivity index (χ0n) is 16.1. The molecule has 0 unspecified atom stereocenters. The van der Waals surface area contributed by atoms with E-state index in [4.69, 9.17) is 11.6 Å². The molecule has 4 rings (SSSR count). The lowest BCUT2D eigenvalue weighted by Gasteiger charge is -2.11. The molecule has 0 radical (unpaired) electrons. The van der Waals surface area contributed by atoms with Crippen molar-refractivity contribution in [2.24, 2.45) is 7.05 Å². The van der Waals surface area contributed by atoms with E-state index in [1.807, 2.05) is 38.4 Å². The molecule has 0 aliphatic rings. The number of rotatable bonds is 4. The van der Waals surface area contributed by atoms with Gasteiger partial charge in [-0.25, -0.2) is 4.98 Å². The van der Waals surface area contributed by atoms with Gasteiger partial charge in [-0.15, -0.1) is 0 Å². The van der Waals surface area contributed by atoms with Crippen molar-refractivity contribution >= 4 is 39.8 Å². The number of nitrogens with zero attached hydrogens (tertiary/aromatic N) is 4. The maximum absolute atomic E-state index is 13.1. The van der Waals surface area contributed by atoms with Gasteiger partial charge in [-0.1, -0.05) is 29.8 Å². The SMILES string of the molecule is Cc1nn(C)cc1-c1cc(C(=O)Nc2cc([N+](=O)[O-])ccc2Cl)c2ccccc2n1. The number of aromatic nitrogens is 3. The Hall–Kier alpha value is -3.78. The van der Waals surface area contributed by atoms with Crippen LogP contribution in [-0.2, 0) is 7.05 Å². The minimum atomic E-state index is -0.545. The molecule has 1 amide bonds. The maximum Gasteiger partial charge on any atom is 0.271 e. The average Bonchev–Trinajstić information content (AvgIpc) is 3.06. The number of hydrogen-bond donors (Lipinski definition) is 1. The first-order valence-corrected chi connectivity index (χ1v) is 9.37. The molecule has 30 heavy (non-hydrogen) atoms. The number of benzene rings is 2. The van der Waals surface area contributed by atoms with Crippen LogP contribution >= 0.6 is 11.6 Å². The summed E-state index contributed by atoms with van der Waals surface area (Å²) in [6, 6.07) is 12.9. The predicted molar refractivity (Wildman–Crippen MR) is 115 cm³/mol. The summed E-state index contributed by atoms with van der Waals surface area (Å²) in [4.78, 5) is 28.3. The topological polar surface area (TPSA) is 103 Å². The van der Waals surface area contributed by atoms with Gasteiger partial charge < -0.3 is 5.32 Å². The second-order valence-electron chi connectivity index (χ2n) is 6.75. The fourth-order valence-electron chi connectivity index (χ4n) is 3.26. The highest BCUT2D eigenvalue weighted by atomic mass is 35.5. The molecule has 8 nitrogen and oxygen atoms in total. The number of carbonyl (C=O) groups is 1. The van der Waals surface area contributed by atoms with E-state index in [2.05, 4.69) is 15.4 Å². The Morgan fingerprint density at radius 3 is 2.67 bits per heavy atom. The highest BCUT2D eigenvalue weighted by Crippen LogP contribution is 2.30. The van der Waals surface area contributed by atoms with Crippen LogP contribution in [0.25, 0.3) is 22.2 Å². The average molecular weight is 422 g/mol. The number of halogens is 1. The van der Waals surface area contributed by atoms with Gasteiger partial charge >= 0.3 is 0 Å². The first-order chi connectivity index (χ1) is 14.3. The fourth-order valence-corrected chi connectivity index (χ4v) is 3.43. The molecule has 2 aromatic carbocycles. The summed E-state index contributed by atoms with van der Waals surface area (Å²) < 4.78 is 1.68. The van der Waals surface area contributed by atoms with E-state index in [9.17, 15) is 14.9 Å². The van der Waals surface area contributed by atoms with Gasteiger partial charge in [0.2, 0.25) is 0 Å². The zero-order chi connectivity index (χ0) is 21.4. The van der Waals surface area contributed by atoms with Crippen LogP contribution in [0.5, 0.6) is 0 Å². The number of aryl methyl sites for hydroxylation is 2. The molecule has 2 heterocycles. The smallest absolute Gasteiger partial charge is 0.271 e. The lowest BCUT2D eigenvalue weighted by Crippen LogP contribution is -2.13. The van der Waals surface area contributed by atoms with E-state index in [-0.39, 0.29) is 16.4 Å². The largest absolute Gasteiger partial charge is 0.320 e. The summed E-state index contributed by atoms with van der Waals surface area (Å²) in [6.45, 7) is 1.87.